The minimum absolute atomic E-state index is 0.259. The van der Waals surface area contributed by atoms with E-state index in [0.29, 0.717) is 18.4 Å². The summed E-state index contributed by atoms with van der Waals surface area (Å²) in [5, 5.41) is 0.855. The molecule has 1 aliphatic rings. The van der Waals surface area contributed by atoms with Gasteiger partial charge < -0.3 is 4.57 Å². The molecule has 0 radical (unpaired) electrons. The van der Waals surface area contributed by atoms with Gasteiger partial charge in [-0.1, -0.05) is 18.7 Å². The maximum absolute atomic E-state index is 14.3. The summed E-state index contributed by atoms with van der Waals surface area (Å²) in [6.45, 7) is 8.63. The summed E-state index contributed by atoms with van der Waals surface area (Å²) in [6.07, 6.45) is 9.85. The zero-order valence-corrected chi connectivity index (χ0v) is 21.0. The van der Waals surface area contributed by atoms with Crippen LogP contribution in [-0.4, -0.2) is 23.4 Å². The van der Waals surface area contributed by atoms with Crippen LogP contribution in [0.25, 0.3) is 16.5 Å². The maximum Gasteiger partial charge on any atom is 0.123 e. The second-order valence-corrected chi connectivity index (χ2v) is 9.86. The molecular formula is C28H30FN3S2. The molecule has 3 nitrogen and oxygen atoms in total. The van der Waals surface area contributed by atoms with Gasteiger partial charge in [-0.2, -0.15) is 12.6 Å². The number of benzene rings is 2. The highest BCUT2D eigenvalue weighted by Gasteiger charge is 2.29. The van der Waals surface area contributed by atoms with Crippen molar-refractivity contribution in [1.82, 2.24) is 4.57 Å². The molecule has 0 N–H and O–H groups in total. The number of allylic oxidation sites excluding steroid dienone is 2. The largest absolute Gasteiger partial charge is 0.342 e. The molecule has 0 spiro atoms. The van der Waals surface area contributed by atoms with Crippen molar-refractivity contribution >= 4 is 54.8 Å². The average Bonchev–Trinajstić information content (AvgIpc) is 3.41. The Morgan fingerprint density at radius 1 is 1.21 bits per heavy atom. The molecule has 0 aliphatic heterocycles. The Morgan fingerprint density at radius 2 is 2.06 bits per heavy atom. The topological polar surface area (TPSA) is 29.6 Å². The fourth-order valence-electron chi connectivity index (χ4n) is 5.04. The first kappa shape index (κ1) is 24.6. The highest BCUT2D eigenvalue weighted by atomic mass is 32.1. The van der Waals surface area contributed by atoms with Gasteiger partial charge in [-0.3, -0.25) is 4.99 Å². The molecule has 1 aromatic heterocycles. The summed E-state index contributed by atoms with van der Waals surface area (Å²) in [6, 6.07) is 13.0. The molecule has 2 aromatic carbocycles. The van der Waals surface area contributed by atoms with E-state index in [1.165, 1.54) is 18.8 Å². The molecule has 2 unspecified atom stereocenters. The smallest absolute Gasteiger partial charge is 0.123 e. The number of rotatable bonds is 9. The minimum Gasteiger partial charge on any atom is -0.342 e. The van der Waals surface area contributed by atoms with Gasteiger partial charge in [0.15, 0.2) is 0 Å². The van der Waals surface area contributed by atoms with Gasteiger partial charge in [0, 0.05) is 40.3 Å². The van der Waals surface area contributed by atoms with E-state index in [1.807, 2.05) is 24.4 Å². The summed E-state index contributed by atoms with van der Waals surface area (Å²) in [5.41, 5.74) is 5.00. The van der Waals surface area contributed by atoms with Crippen LogP contribution in [0, 0.1) is 17.7 Å². The van der Waals surface area contributed by atoms with Crippen molar-refractivity contribution in [3.05, 3.63) is 84.0 Å². The van der Waals surface area contributed by atoms with E-state index in [2.05, 4.69) is 71.4 Å². The number of hydrogen-bond acceptors (Lipinski definition) is 3. The van der Waals surface area contributed by atoms with E-state index >= 15 is 0 Å². The SMILES string of the molecule is C=NC=N/C=C(/C(=C)c1cn(Cc2cccc(S)c2)c2ccc(F)cc12)C1CCC(CCS)C1. The first-order valence-corrected chi connectivity index (χ1v) is 12.6. The third-order valence-corrected chi connectivity index (χ3v) is 7.20. The molecule has 1 aliphatic carbocycles. The van der Waals surface area contributed by atoms with Crippen LogP contribution in [0.3, 0.4) is 0 Å². The lowest BCUT2D eigenvalue weighted by Crippen LogP contribution is -2.03. The lowest BCUT2D eigenvalue weighted by molar-refractivity contribution is 0.516. The number of nitrogens with zero attached hydrogens (tertiary/aromatic N) is 3. The fourth-order valence-corrected chi connectivity index (χ4v) is 5.66. The van der Waals surface area contributed by atoms with Crippen LogP contribution in [0.15, 0.2) is 81.9 Å². The first-order valence-electron chi connectivity index (χ1n) is 11.5. The third kappa shape index (κ3) is 5.56. The van der Waals surface area contributed by atoms with Gasteiger partial charge in [-0.25, -0.2) is 9.38 Å². The average molecular weight is 492 g/mol. The van der Waals surface area contributed by atoms with Crippen molar-refractivity contribution in [2.45, 2.75) is 37.1 Å². The van der Waals surface area contributed by atoms with Crippen LogP contribution in [0.5, 0.6) is 0 Å². The lowest BCUT2D eigenvalue weighted by atomic mass is 9.87. The second kappa shape index (κ2) is 11.2. The Morgan fingerprint density at radius 3 is 2.82 bits per heavy atom. The predicted octanol–water partition coefficient (Wildman–Crippen LogP) is 7.48. The molecule has 3 aromatic rings. The number of aliphatic imine (C=N–C) groups is 2. The van der Waals surface area contributed by atoms with Gasteiger partial charge in [0.05, 0.1) is 0 Å². The summed E-state index contributed by atoms with van der Waals surface area (Å²) in [5.74, 6) is 1.65. The molecule has 34 heavy (non-hydrogen) atoms. The van der Waals surface area contributed by atoms with Crippen LogP contribution in [0.2, 0.25) is 0 Å². The molecule has 0 amide bonds. The van der Waals surface area contributed by atoms with Gasteiger partial charge in [-0.05, 0) is 97.0 Å². The van der Waals surface area contributed by atoms with Crippen LogP contribution in [0.4, 0.5) is 4.39 Å². The van der Waals surface area contributed by atoms with Crippen molar-refractivity contribution in [1.29, 1.82) is 0 Å². The molecule has 0 saturated heterocycles. The molecule has 1 fully saturated rings. The highest BCUT2D eigenvalue weighted by Crippen LogP contribution is 2.43. The summed E-state index contributed by atoms with van der Waals surface area (Å²) < 4.78 is 16.5. The van der Waals surface area contributed by atoms with E-state index in [9.17, 15) is 4.39 Å². The highest BCUT2D eigenvalue weighted by molar-refractivity contribution is 7.80. The molecule has 1 heterocycles. The second-order valence-electron chi connectivity index (χ2n) is 8.90. The summed E-state index contributed by atoms with van der Waals surface area (Å²) in [7, 11) is 0. The predicted molar refractivity (Wildman–Crippen MR) is 149 cm³/mol. The van der Waals surface area contributed by atoms with Gasteiger partial charge in [0.1, 0.15) is 12.2 Å². The quantitative estimate of drug-likeness (QED) is 0.134. The Balaban J connectivity index is 1.74. The van der Waals surface area contributed by atoms with E-state index < -0.39 is 0 Å². The van der Waals surface area contributed by atoms with Gasteiger partial charge >= 0.3 is 0 Å². The fraction of sp³-hybridized carbons (Fsp3) is 0.286. The van der Waals surface area contributed by atoms with Crippen molar-refractivity contribution in [3.63, 3.8) is 0 Å². The standard InChI is InChI=1S/C28H30FN3S2/c1-19(26(15-31-18-30-2)22-7-6-20(12-22)10-11-33)27-17-32(16-21-4-3-5-24(34)13-21)28-9-8-23(29)14-25(27)28/h3-5,8-9,13-15,17-18,20,22,33-34H,1-2,6-7,10-12,16H2/b26-15-,31-18?. The van der Waals surface area contributed by atoms with Crippen molar-refractivity contribution in [2.24, 2.45) is 21.8 Å². The molecule has 176 valence electrons. The number of fused-ring (bicyclic) bond motifs is 1. The van der Waals surface area contributed by atoms with Crippen LogP contribution >= 0.6 is 25.3 Å². The Hall–Kier alpha value is -2.57. The Kier molecular flexibility index (Phi) is 8.11. The zero-order chi connectivity index (χ0) is 24.1. The van der Waals surface area contributed by atoms with Crippen molar-refractivity contribution < 1.29 is 4.39 Å². The minimum atomic E-state index is -0.259. The van der Waals surface area contributed by atoms with E-state index in [-0.39, 0.29) is 5.82 Å². The monoisotopic (exact) mass is 491 g/mol. The van der Waals surface area contributed by atoms with E-state index in [1.54, 1.807) is 6.07 Å². The van der Waals surface area contributed by atoms with Crippen LogP contribution < -0.4 is 0 Å². The Bertz CT molecular complexity index is 1260. The zero-order valence-electron chi connectivity index (χ0n) is 19.2. The molecule has 1 saturated carbocycles. The lowest BCUT2D eigenvalue weighted by Gasteiger charge is -2.17. The van der Waals surface area contributed by atoms with Gasteiger partial charge in [0.25, 0.3) is 0 Å². The maximum atomic E-state index is 14.3. The number of aromatic nitrogens is 1. The van der Waals surface area contributed by atoms with Crippen molar-refractivity contribution in [2.75, 3.05) is 5.75 Å². The number of hydrogen-bond donors (Lipinski definition) is 2. The van der Waals surface area contributed by atoms with E-state index in [4.69, 9.17) is 0 Å². The summed E-state index contributed by atoms with van der Waals surface area (Å²) >= 11 is 8.90. The summed E-state index contributed by atoms with van der Waals surface area (Å²) in [4.78, 5) is 9.01. The first-order chi connectivity index (χ1) is 16.5. The molecule has 6 heteroatoms. The van der Waals surface area contributed by atoms with E-state index in [0.717, 1.165) is 63.1 Å². The molecule has 0 bridgehead atoms. The molecule has 4 rings (SSSR count). The molecular weight excluding hydrogens is 461 g/mol. The van der Waals surface area contributed by atoms with Crippen molar-refractivity contribution in [3.8, 4) is 0 Å². The number of thiol groups is 2. The Labute approximate surface area is 212 Å². The molecule has 2 atom stereocenters. The normalized spacial score (nSPS) is 18.7. The van der Waals surface area contributed by atoms with Gasteiger partial charge in [0.2, 0.25) is 0 Å². The van der Waals surface area contributed by atoms with Crippen LogP contribution in [-0.2, 0) is 6.54 Å². The third-order valence-electron chi connectivity index (χ3n) is 6.66. The number of halogens is 1. The van der Waals surface area contributed by atoms with Gasteiger partial charge in [-0.15, -0.1) is 12.6 Å². The van der Waals surface area contributed by atoms with Crippen LogP contribution in [0.1, 0.15) is 36.8 Å².